The number of hydrogen-bond acceptors (Lipinski definition) is 3. The minimum Gasteiger partial charge on any atom is -0.466 e. The van der Waals surface area contributed by atoms with E-state index in [-0.39, 0.29) is 5.78 Å². The summed E-state index contributed by atoms with van der Waals surface area (Å²) in [7, 11) is 1.30. The van der Waals surface area contributed by atoms with E-state index in [0.29, 0.717) is 11.1 Å². The molecule has 0 atom stereocenters. The van der Waals surface area contributed by atoms with Crippen molar-refractivity contribution in [2.45, 2.75) is 13.8 Å². The van der Waals surface area contributed by atoms with E-state index in [9.17, 15) is 9.59 Å². The maximum absolute atomic E-state index is 11.5. The Hall–Kier alpha value is -1.90. The molecule has 0 heterocycles. The smallest absolute Gasteiger partial charge is 0.334 e. The second-order valence-electron chi connectivity index (χ2n) is 3.41. The van der Waals surface area contributed by atoms with Crippen molar-refractivity contribution in [3.8, 4) is 0 Å². The van der Waals surface area contributed by atoms with Gasteiger partial charge in [-0.1, -0.05) is 30.3 Å². The molecule has 3 heteroatoms. The Morgan fingerprint density at radius 3 is 2.06 bits per heavy atom. The molecular weight excluding hydrogens is 204 g/mol. The number of ether oxygens (including phenoxy) is 1. The van der Waals surface area contributed by atoms with Gasteiger partial charge in [0.1, 0.15) is 0 Å². The maximum Gasteiger partial charge on any atom is 0.334 e. The van der Waals surface area contributed by atoms with Crippen molar-refractivity contribution in [2.24, 2.45) is 0 Å². The number of carbonyl (C=O) groups is 2. The molecule has 16 heavy (non-hydrogen) atoms. The minimum absolute atomic E-state index is 0.144. The van der Waals surface area contributed by atoms with Crippen molar-refractivity contribution in [3.63, 3.8) is 0 Å². The average molecular weight is 218 g/mol. The highest BCUT2D eigenvalue weighted by Crippen LogP contribution is 2.20. The van der Waals surface area contributed by atoms with Crippen LogP contribution in [0.3, 0.4) is 0 Å². The van der Waals surface area contributed by atoms with Gasteiger partial charge in [-0.3, -0.25) is 4.79 Å². The molecule has 0 bridgehead atoms. The molecule has 84 valence electrons. The van der Waals surface area contributed by atoms with Crippen LogP contribution in [0, 0.1) is 0 Å². The molecule has 0 aliphatic rings. The minimum atomic E-state index is -0.478. The quantitative estimate of drug-likeness (QED) is 0.577. The SMILES string of the molecule is COC(=O)/C(C)=C(\C(C)=O)c1ccccc1. The van der Waals surface area contributed by atoms with Crippen LogP contribution < -0.4 is 0 Å². The molecule has 0 spiro atoms. The summed E-state index contributed by atoms with van der Waals surface area (Å²) in [5, 5.41) is 0. The van der Waals surface area contributed by atoms with Gasteiger partial charge >= 0.3 is 5.97 Å². The standard InChI is InChI=1S/C13H14O3/c1-9(13(15)16-3)12(10(2)14)11-7-5-4-6-8-11/h4-8H,1-3H3/b12-9+. The number of benzene rings is 1. The molecule has 0 aliphatic carbocycles. The zero-order chi connectivity index (χ0) is 12.1. The van der Waals surface area contributed by atoms with Crippen LogP contribution in [-0.2, 0) is 14.3 Å². The molecule has 0 amide bonds. The summed E-state index contributed by atoms with van der Waals surface area (Å²) in [6.07, 6.45) is 0. The fourth-order valence-electron chi connectivity index (χ4n) is 1.54. The van der Waals surface area contributed by atoms with E-state index >= 15 is 0 Å². The summed E-state index contributed by atoms with van der Waals surface area (Å²) >= 11 is 0. The maximum atomic E-state index is 11.5. The first-order valence-electron chi connectivity index (χ1n) is 4.93. The largest absolute Gasteiger partial charge is 0.466 e. The lowest BCUT2D eigenvalue weighted by Gasteiger charge is -2.08. The van der Waals surface area contributed by atoms with Gasteiger partial charge < -0.3 is 4.74 Å². The molecule has 0 fully saturated rings. The van der Waals surface area contributed by atoms with Crippen LogP contribution in [0.4, 0.5) is 0 Å². The third-order valence-electron chi connectivity index (χ3n) is 2.28. The Bertz CT molecular complexity index is 430. The number of allylic oxidation sites excluding steroid dienone is 1. The van der Waals surface area contributed by atoms with Crippen LogP contribution >= 0.6 is 0 Å². The molecule has 0 aromatic heterocycles. The van der Waals surface area contributed by atoms with Gasteiger partial charge in [0.25, 0.3) is 0 Å². The highest BCUT2D eigenvalue weighted by molar-refractivity contribution is 6.24. The topological polar surface area (TPSA) is 43.4 Å². The summed E-state index contributed by atoms with van der Waals surface area (Å²) < 4.78 is 4.62. The third-order valence-corrected chi connectivity index (χ3v) is 2.28. The van der Waals surface area contributed by atoms with Gasteiger partial charge in [0.2, 0.25) is 0 Å². The van der Waals surface area contributed by atoms with Gasteiger partial charge in [0.05, 0.1) is 7.11 Å². The number of rotatable bonds is 3. The molecule has 0 saturated carbocycles. The van der Waals surface area contributed by atoms with Gasteiger partial charge in [0.15, 0.2) is 5.78 Å². The molecule has 0 radical (unpaired) electrons. The van der Waals surface area contributed by atoms with Crippen LogP contribution in [0.25, 0.3) is 5.57 Å². The third kappa shape index (κ3) is 2.57. The summed E-state index contributed by atoms with van der Waals surface area (Å²) in [6, 6.07) is 9.09. The first-order valence-corrected chi connectivity index (χ1v) is 4.93. The van der Waals surface area contributed by atoms with Crippen LogP contribution in [0.15, 0.2) is 35.9 Å². The summed E-state index contributed by atoms with van der Waals surface area (Å²) in [5.41, 5.74) is 1.48. The summed E-state index contributed by atoms with van der Waals surface area (Å²) in [4.78, 5) is 22.9. The van der Waals surface area contributed by atoms with Crippen molar-refractivity contribution >= 4 is 17.3 Å². The van der Waals surface area contributed by atoms with Crippen LogP contribution in [-0.4, -0.2) is 18.9 Å². The molecule has 1 rings (SSSR count). The number of hydrogen-bond donors (Lipinski definition) is 0. The van der Waals surface area contributed by atoms with Crippen LogP contribution in [0.2, 0.25) is 0 Å². The fraction of sp³-hybridized carbons (Fsp3) is 0.231. The Morgan fingerprint density at radius 1 is 1.06 bits per heavy atom. The first-order chi connectivity index (χ1) is 7.57. The van der Waals surface area contributed by atoms with E-state index in [1.807, 2.05) is 18.2 Å². The van der Waals surface area contributed by atoms with Crippen molar-refractivity contribution < 1.29 is 14.3 Å². The zero-order valence-corrected chi connectivity index (χ0v) is 9.61. The van der Waals surface area contributed by atoms with Crippen LogP contribution in [0.1, 0.15) is 19.4 Å². The number of ketones is 1. The normalized spacial score (nSPS) is 11.7. The molecule has 0 unspecified atom stereocenters. The molecule has 1 aromatic carbocycles. The molecule has 0 saturated heterocycles. The lowest BCUT2D eigenvalue weighted by atomic mass is 9.97. The van der Waals surface area contributed by atoms with Gasteiger partial charge in [-0.15, -0.1) is 0 Å². The molecular formula is C13H14O3. The average Bonchev–Trinajstić information content (AvgIpc) is 2.29. The van der Waals surface area contributed by atoms with E-state index in [1.54, 1.807) is 19.1 Å². The van der Waals surface area contributed by atoms with E-state index in [2.05, 4.69) is 4.74 Å². The summed E-state index contributed by atoms with van der Waals surface area (Å²) in [6.45, 7) is 3.03. The monoisotopic (exact) mass is 218 g/mol. The van der Waals surface area contributed by atoms with Crippen molar-refractivity contribution in [2.75, 3.05) is 7.11 Å². The lowest BCUT2D eigenvalue weighted by Crippen LogP contribution is -2.08. The second kappa shape index (κ2) is 5.26. The first kappa shape index (κ1) is 12.2. The van der Waals surface area contributed by atoms with Crippen molar-refractivity contribution in [1.82, 2.24) is 0 Å². The van der Waals surface area contributed by atoms with E-state index in [4.69, 9.17) is 0 Å². The predicted octanol–water partition coefficient (Wildman–Crippen LogP) is 2.22. The second-order valence-corrected chi connectivity index (χ2v) is 3.41. The number of methoxy groups -OCH3 is 1. The highest BCUT2D eigenvalue weighted by atomic mass is 16.5. The van der Waals surface area contributed by atoms with Gasteiger partial charge in [-0.2, -0.15) is 0 Å². The Kier molecular flexibility index (Phi) is 4.00. The Morgan fingerprint density at radius 2 is 1.62 bits per heavy atom. The number of Topliss-reactive ketones (excluding diaryl/α,β-unsaturated/α-hetero) is 1. The summed E-state index contributed by atoms with van der Waals surface area (Å²) in [5.74, 6) is -0.622. The van der Waals surface area contributed by atoms with E-state index in [1.165, 1.54) is 14.0 Å². The van der Waals surface area contributed by atoms with Crippen LogP contribution in [0.5, 0.6) is 0 Å². The zero-order valence-electron chi connectivity index (χ0n) is 9.61. The molecule has 3 nitrogen and oxygen atoms in total. The Labute approximate surface area is 94.7 Å². The molecule has 1 aromatic rings. The predicted molar refractivity (Wildman–Crippen MR) is 61.7 cm³/mol. The number of carbonyl (C=O) groups excluding carboxylic acids is 2. The Balaban J connectivity index is 3.30. The van der Waals surface area contributed by atoms with Gasteiger partial charge in [0, 0.05) is 11.1 Å². The molecule has 0 aliphatic heterocycles. The van der Waals surface area contributed by atoms with E-state index in [0.717, 1.165) is 5.56 Å². The van der Waals surface area contributed by atoms with Gasteiger partial charge in [-0.25, -0.2) is 4.79 Å². The van der Waals surface area contributed by atoms with E-state index < -0.39 is 5.97 Å². The molecule has 0 N–H and O–H groups in total. The number of esters is 1. The fourth-order valence-corrected chi connectivity index (χ4v) is 1.54. The lowest BCUT2D eigenvalue weighted by molar-refractivity contribution is -0.136. The van der Waals surface area contributed by atoms with Crippen molar-refractivity contribution in [3.05, 3.63) is 41.5 Å². The highest BCUT2D eigenvalue weighted by Gasteiger charge is 2.16. The van der Waals surface area contributed by atoms with Gasteiger partial charge in [-0.05, 0) is 19.4 Å². The van der Waals surface area contributed by atoms with Crippen molar-refractivity contribution in [1.29, 1.82) is 0 Å².